The summed E-state index contributed by atoms with van der Waals surface area (Å²) >= 11 is 0. The number of unbranched alkanes of at least 4 members (excludes halogenated alkanes) is 1. The fourth-order valence-corrected chi connectivity index (χ4v) is 4.95. The van der Waals surface area contributed by atoms with Gasteiger partial charge in [-0.1, -0.05) is 24.3 Å². The van der Waals surface area contributed by atoms with E-state index in [4.69, 9.17) is 0 Å². The van der Waals surface area contributed by atoms with Crippen LogP contribution < -0.4 is 0 Å². The van der Waals surface area contributed by atoms with Crippen molar-refractivity contribution in [3.63, 3.8) is 0 Å². The number of rotatable bonds is 6. The smallest absolute Gasteiger partial charge is 0.244 e. The average molecular weight is 287 g/mol. The van der Waals surface area contributed by atoms with E-state index in [1.54, 1.807) is 36.4 Å². The molecule has 18 heavy (non-hydrogen) atoms. The van der Waals surface area contributed by atoms with Crippen LogP contribution in [0.3, 0.4) is 0 Å². The molecule has 0 fully saturated rings. The van der Waals surface area contributed by atoms with Crippen LogP contribution in [0.25, 0.3) is 0 Å². The van der Waals surface area contributed by atoms with Gasteiger partial charge in [-0.25, -0.2) is 12.6 Å². The van der Waals surface area contributed by atoms with E-state index in [1.165, 1.54) is 6.26 Å². The maximum atomic E-state index is 12.3. The predicted molar refractivity (Wildman–Crippen MR) is 74.4 cm³/mol. The lowest BCUT2D eigenvalue weighted by Crippen LogP contribution is -2.07. The summed E-state index contributed by atoms with van der Waals surface area (Å²) in [7, 11) is -6.55. The molecule has 0 heterocycles. The molecule has 0 spiro atoms. The summed E-state index contributed by atoms with van der Waals surface area (Å²) in [6.07, 6.45) is 4.04. The molecule has 0 aromatic heterocycles. The molecule has 0 aliphatic carbocycles. The van der Waals surface area contributed by atoms with E-state index in [9.17, 15) is 12.6 Å². The van der Waals surface area contributed by atoms with Crippen molar-refractivity contribution in [3.05, 3.63) is 43.0 Å². The highest BCUT2D eigenvalue weighted by Gasteiger charge is 2.13. The van der Waals surface area contributed by atoms with Gasteiger partial charge in [-0.15, -0.1) is 10.3 Å². The molecular weight excluding hydrogens is 270 g/mol. The Morgan fingerprint density at radius 1 is 1.22 bits per heavy atom. The molecule has 0 saturated carbocycles. The summed E-state index contributed by atoms with van der Waals surface area (Å²) in [5.41, 5.74) is 0. The van der Waals surface area contributed by atoms with Gasteiger partial charge in [0.05, 0.1) is 15.5 Å². The van der Waals surface area contributed by atoms with Crippen molar-refractivity contribution in [3.8, 4) is 0 Å². The first-order chi connectivity index (χ1) is 8.37. The number of hydrogen-bond acceptors (Lipinski definition) is 3. The molecule has 1 atom stereocenters. The molecule has 1 rings (SSSR count). The third-order valence-corrected chi connectivity index (χ3v) is 6.24. The minimum atomic E-state index is -3.66. The van der Waals surface area contributed by atoms with Crippen LogP contribution in [0, 0.1) is 0 Å². The largest absolute Gasteiger partial charge is 0.261 e. The Balaban J connectivity index is 3.01. The molecule has 100 valence electrons. The van der Waals surface area contributed by atoms with Crippen LogP contribution in [-0.2, 0) is 19.8 Å². The van der Waals surface area contributed by atoms with Gasteiger partial charge >= 0.3 is 0 Å². The van der Waals surface area contributed by atoms with Gasteiger partial charge < -0.3 is 0 Å². The van der Waals surface area contributed by atoms with Crippen molar-refractivity contribution < 1.29 is 12.6 Å². The Hall–Kier alpha value is -1.14. The van der Waals surface area contributed by atoms with Crippen molar-refractivity contribution >= 4 is 19.8 Å². The van der Waals surface area contributed by atoms with Crippen molar-refractivity contribution in [2.24, 2.45) is 3.77 Å². The van der Waals surface area contributed by atoms with Gasteiger partial charge in [0.2, 0.25) is 0 Å². The summed E-state index contributed by atoms with van der Waals surface area (Å²) in [5.74, 6) is -0.101. The van der Waals surface area contributed by atoms with Crippen molar-refractivity contribution in [1.82, 2.24) is 0 Å². The van der Waals surface area contributed by atoms with Crippen molar-refractivity contribution in [2.45, 2.75) is 17.7 Å². The maximum absolute atomic E-state index is 12.3. The van der Waals surface area contributed by atoms with Gasteiger partial charge in [0.1, 0.15) is 0 Å². The third kappa shape index (κ3) is 4.62. The van der Waals surface area contributed by atoms with Gasteiger partial charge in [-0.2, -0.15) is 0 Å². The minimum absolute atomic E-state index is 0.101. The highest BCUT2D eigenvalue weighted by Crippen LogP contribution is 2.13. The second-order valence-corrected chi connectivity index (χ2v) is 8.15. The van der Waals surface area contributed by atoms with Crippen LogP contribution >= 0.6 is 0 Å². The highest BCUT2D eigenvalue weighted by molar-refractivity contribution is 8.02. The van der Waals surface area contributed by atoms with Gasteiger partial charge in [0.15, 0.2) is 0 Å². The minimum Gasteiger partial charge on any atom is -0.244 e. The molecule has 1 aromatic carbocycles. The molecule has 4 nitrogen and oxygen atoms in total. The molecule has 0 saturated heterocycles. The van der Waals surface area contributed by atoms with Gasteiger partial charge in [0.25, 0.3) is 10.0 Å². The second-order valence-electron chi connectivity index (χ2n) is 3.91. The summed E-state index contributed by atoms with van der Waals surface area (Å²) < 4.78 is 39.2. The first kappa shape index (κ1) is 14.9. The normalized spacial score (nSPS) is 14.7. The lowest BCUT2D eigenvalue weighted by atomic mass is 10.3. The Bertz CT molecular complexity index is 612. The molecule has 6 heteroatoms. The molecule has 0 aliphatic rings. The van der Waals surface area contributed by atoms with Gasteiger partial charge in [-0.05, 0) is 25.0 Å². The lowest BCUT2D eigenvalue weighted by molar-refractivity contribution is 0.595. The number of nitrogens with zero attached hydrogens (tertiary/aromatic N) is 1. The summed E-state index contributed by atoms with van der Waals surface area (Å²) in [5, 5.41) is 0. The van der Waals surface area contributed by atoms with Crippen LogP contribution in [0.1, 0.15) is 12.8 Å². The molecular formula is C12H17NO3S2. The van der Waals surface area contributed by atoms with Crippen LogP contribution in [0.15, 0.2) is 51.7 Å². The standard InChI is InChI=1S/C12H17NO3S2/c1-3-4-8-11-18(15,16)13-17(2,14)12-9-6-5-7-10-12/h3,5-7,9-10H,1,4,8,11H2,2H3. The SMILES string of the molecule is C=CCCCS(=O)(=O)N=S(C)(=O)c1ccccc1. The molecule has 1 aromatic rings. The predicted octanol–water partition coefficient (Wildman–Crippen LogP) is 2.44. The van der Waals surface area contributed by atoms with E-state index in [0.717, 1.165) is 0 Å². The zero-order valence-corrected chi connectivity index (χ0v) is 11.9. The third-order valence-electron chi connectivity index (χ3n) is 2.25. The average Bonchev–Trinajstić information content (AvgIpc) is 2.29. The molecule has 1 unspecified atom stereocenters. The number of allylic oxidation sites excluding steroid dienone is 1. The number of benzene rings is 1. The fraction of sp³-hybridized carbons (Fsp3) is 0.333. The van der Waals surface area contributed by atoms with Crippen LogP contribution in [0.5, 0.6) is 0 Å². The first-order valence-electron chi connectivity index (χ1n) is 5.49. The van der Waals surface area contributed by atoms with Crippen LogP contribution in [0.2, 0.25) is 0 Å². The topological polar surface area (TPSA) is 63.6 Å². The fourth-order valence-electron chi connectivity index (χ4n) is 1.38. The monoisotopic (exact) mass is 287 g/mol. The quantitative estimate of drug-likeness (QED) is 0.596. The summed E-state index contributed by atoms with van der Waals surface area (Å²) in [6, 6.07) is 8.42. The van der Waals surface area contributed by atoms with Gasteiger partial charge in [-0.3, -0.25) is 0 Å². The maximum Gasteiger partial charge on any atom is 0.261 e. The molecule has 0 bridgehead atoms. The molecule has 0 radical (unpaired) electrons. The van der Waals surface area contributed by atoms with E-state index in [0.29, 0.717) is 17.7 Å². The van der Waals surface area contributed by atoms with Crippen molar-refractivity contribution in [2.75, 3.05) is 12.0 Å². The van der Waals surface area contributed by atoms with Crippen molar-refractivity contribution in [1.29, 1.82) is 0 Å². The summed E-state index contributed by atoms with van der Waals surface area (Å²) in [6.45, 7) is 3.52. The Morgan fingerprint density at radius 2 is 1.83 bits per heavy atom. The second kappa shape index (κ2) is 6.15. The Morgan fingerprint density at radius 3 is 2.39 bits per heavy atom. The van der Waals surface area contributed by atoms with E-state index >= 15 is 0 Å². The summed E-state index contributed by atoms with van der Waals surface area (Å²) in [4.78, 5) is 0.428. The Kier molecular flexibility index (Phi) is 5.10. The highest BCUT2D eigenvalue weighted by atomic mass is 32.3. The molecule has 0 N–H and O–H groups in total. The van der Waals surface area contributed by atoms with E-state index < -0.39 is 19.8 Å². The lowest BCUT2D eigenvalue weighted by Gasteiger charge is -2.04. The Labute approximate surface area is 109 Å². The molecule has 0 amide bonds. The first-order valence-corrected chi connectivity index (χ1v) is 9.03. The van der Waals surface area contributed by atoms with Crippen LogP contribution in [-0.4, -0.2) is 24.6 Å². The van der Waals surface area contributed by atoms with Crippen LogP contribution in [0.4, 0.5) is 0 Å². The number of sulfonamides is 1. The van der Waals surface area contributed by atoms with E-state index in [1.807, 2.05) is 0 Å². The van der Waals surface area contributed by atoms with Gasteiger partial charge in [0, 0.05) is 11.2 Å². The van der Waals surface area contributed by atoms with E-state index in [2.05, 4.69) is 10.3 Å². The molecule has 0 aliphatic heterocycles. The zero-order valence-electron chi connectivity index (χ0n) is 10.3. The zero-order chi connectivity index (χ0) is 13.6. The number of hydrogen-bond donors (Lipinski definition) is 0. The van der Waals surface area contributed by atoms with E-state index in [-0.39, 0.29) is 5.75 Å².